The van der Waals surface area contributed by atoms with Gasteiger partial charge in [0.25, 0.3) is 5.91 Å². The Bertz CT molecular complexity index is 877. The molecule has 0 saturated heterocycles. The van der Waals surface area contributed by atoms with E-state index in [2.05, 4.69) is 40.6 Å². The summed E-state index contributed by atoms with van der Waals surface area (Å²) in [7, 11) is 0. The van der Waals surface area contributed by atoms with Crippen molar-refractivity contribution in [2.24, 2.45) is 0 Å². The summed E-state index contributed by atoms with van der Waals surface area (Å²) >= 11 is 0. The van der Waals surface area contributed by atoms with E-state index >= 15 is 0 Å². The van der Waals surface area contributed by atoms with Crippen molar-refractivity contribution in [1.82, 2.24) is 14.7 Å². The van der Waals surface area contributed by atoms with Gasteiger partial charge in [-0.15, -0.1) is 0 Å². The molecule has 1 saturated carbocycles. The summed E-state index contributed by atoms with van der Waals surface area (Å²) in [5.41, 5.74) is 3.88. The molecule has 0 radical (unpaired) electrons. The van der Waals surface area contributed by atoms with E-state index in [1.54, 1.807) is 6.20 Å². The van der Waals surface area contributed by atoms with E-state index in [0.29, 0.717) is 11.6 Å². The number of nitrogens with one attached hydrogen (secondary N) is 1. The molecule has 1 aliphatic carbocycles. The third-order valence-corrected chi connectivity index (χ3v) is 5.18. The molecule has 2 aromatic heterocycles. The number of nitrogens with zero attached hydrogens (tertiary/aromatic N) is 2. The van der Waals surface area contributed by atoms with Crippen molar-refractivity contribution >= 4 is 11.6 Å². The van der Waals surface area contributed by atoms with Gasteiger partial charge in [-0.2, -0.15) is 0 Å². The fourth-order valence-corrected chi connectivity index (χ4v) is 3.75. The van der Waals surface area contributed by atoms with Gasteiger partial charge in [0.15, 0.2) is 0 Å². The quantitative estimate of drug-likeness (QED) is 0.784. The summed E-state index contributed by atoms with van der Waals surface area (Å²) in [6.45, 7) is 2.03. The first-order chi connectivity index (χ1) is 12.2. The Hall–Kier alpha value is -2.62. The van der Waals surface area contributed by atoms with Crippen LogP contribution in [0.4, 0.5) is 0 Å². The number of carbonyl (C=O) groups excluding carboxylic acids is 1. The van der Waals surface area contributed by atoms with Gasteiger partial charge >= 0.3 is 0 Å². The number of imidazole rings is 1. The fraction of sp³-hybridized carbons (Fsp3) is 0.333. The van der Waals surface area contributed by atoms with Gasteiger partial charge in [-0.3, -0.25) is 4.79 Å². The number of amides is 1. The molecule has 0 bridgehead atoms. The largest absolute Gasteiger partial charge is 0.348 e. The van der Waals surface area contributed by atoms with E-state index in [1.807, 2.05) is 29.7 Å². The lowest BCUT2D eigenvalue weighted by molar-refractivity contribution is 0.0921. The average molecular weight is 333 g/mol. The predicted octanol–water partition coefficient (Wildman–Crippen LogP) is 4.10. The van der Waals surface area contributed by atoms with Gasteiger partial charge in [-0.25, -0.2) is 4.98 Å². The second kappa shape index (κ2) is 6.71. The Morgan fingerprint density at radius 2 is 1.88 bits per heavy atom. The average Bonchev–Trinajstić information content (AvgIpc) is 3.06. The standard InChI is InChI=1S/C21H23N3O/c1-15-11-12-24-14-19(23-20(24)13-15)21(25)22-18-9-7-17(8-10-18)16-5-3-2-4-6-16/h2-6,11-14,17-18H,7-10H2,1H3,(H,22,25). The van der Waals surface area contributed by atoms with Crippen LogP contribution in [-0.2, 0) is 0 Å². The molecule has 0 spiro atoms. The van der Waals surface area contributed by atoms with Crippen molar-refractivity contribution in [3.05, 3.63) is 71.7 Å². The van der Waals surface area contributed by atoms with E-state index in [4.69, 9.17) is 0 Å². The maximum absolute atomic E-state index is 12.5. The van der Waals surface area contributed by atoms with Gasteiger partial charge in [-0.05, 0) is 61.8 Å². The van der Waals surface area contributed by atoms with E-state index in [9.17, 15) is 4.79 Å². The van der Waals surface area contributed by atoms with E-state index < -0.39 is 0 Å². The Balaban J connectivity index is 1.38. The van der Waals surface area contributed by atoms with Gasteiger partial charge in [0.1, 0.15) is 11.3 Å². The summed E-state index contributed by atoms with van der Waals surface area (Å²) in [6.07, 6.45) is 8.05. The molecule has 4 rings (SSSR count). The van der Waals surface area contributed by atoms with Crippen molar-refractivity contribution in [1.29, 1.82) is 0 Å². The van der Waals surface area contributed by atoms with Gasteiger partial charge in [0, 0.05) is 18.4 Å². The second-order valence-corrected chi connectivity index (χ2v) is 7.03. The molecular formula is C21H23N3O. The lowest BCUT2D eigenvalue weighted by Gasteiger charge is -2.29. The Morgan fingerprint density at radius 3 is 2.64 bits per heavy atom. The monoisotopic (exact) mass is 333 g/mol. The zero-order valence-corrected chi connectivity index (χ0v) is 14.5. The number of pyridine rings is 1. The molecule has 4 nitrogen and oxygen atoms in total. The molecule has 1 aromatic carbocycles. The molecule has 0 unspecified atom stereocenters. The molecular weight excluding hydrogens is 310 g/mol. The molecule has 4 heteroatoms. The predicted molar refractivity (Wildman–Crippen MR) is 98.8 cm³/mol. The minimum Gasteiger partial charge on any atom is -0.348 e. The molecule has 25 heavy (non-hydrogen) atoms. The van der Waals surface area contributed by atoms with Crippen LogP contribution in [0, 0.1) is 6.92 Å². The minimum atomic E-state index is -0.0653. The van der Waals surface area contributed by atoms with Gasteiger partial charge in [-0.1, -0.05) is 30.3 Å². The highest BCUT2D eigenvalue weighted by molar-refractivity contribution is 5.93. The molecule has 128 valence electrons. The SMILES string of the molecule is Cc1ccn2cc(C(=O)NC3CCC(c4ccccc4)CC3)nc2c1. The number of fused-ring (bicyclic) bond motifs is 1. The number of aromatic nitrogens is 2. The lowest BCUT2D eigenvalue weighted by Crippen LogP contribution is -2.37. The van der Waals surface area contributed by atoms with Crippen LogP contribution in [0.15, 0.2) is 54.9 Å². The molecule has 3 aromatic rings. The number of hydrogen-bond donors (Lipinski definition) is 1. The number of rotatable bonds is 3. The van der Waals surface area contributed by atoms with Crippen molar-refractivity contribution in [3.63, 3.8) is 0 Å². The summed E-state index contributed by atoms with van der Waals surface area (Å²) in [5, 5.41) is 3.17. The van der Waals surface area contributed by atoms with E-state index in [1.165, 1.54) is 5.56 Å². The third-order valence-electron chi connectivity index (χ3n) is 5.18. The van der Waals surface area contributed by atoms with Gasteiger partial charge in [0.2, 0.25) is 0 Å². The lowest BCUT2D eigenvalue weighted by atomic mass is 9.82. The molecule has 1 fully saturated rings. The fourth-order valence-electron chi connectivity index (χ4n) is 3.75. The normalized spacial score (nSPS) is 20.5. The summed E-state index contributed by atoms with van der Waals surface area (Å²) in [6, 6.07) is 14.9. The molecule has 2 heterocycles. The van der Waals surface area contributed by atoms with Crippen LogP contribution in [0.1, 0.15) is 53.2 Å². The van der Waals surface area contributed by atoms with Crippen LogP contribution >= 0.6 is 0 Å². The number of aryl methyl sites for hydroxylation is 1. The molecule has 0 atom stereocenters. The van der Waals surface area contributed by atoms with Crippen molar-refractivity contribution < 1.29 is 4.79 Å². The van der Waals surface area contributed by atoms with Crippen molar-refractivity contribution in [2.75, 3.05) is 0 Å². The zero-order valence-electron chi connectivity index (χ0n) is 14.5. The highest BCUT2D eigenvalue weighted by atomic mass is 16.2. The minimum absolute atomic E-state index is 0.0653. The Labute approximate surface area is 147 Å². The van der Waals surface area contributed by atoms with E-state index in [-0.39, 0.29) is 11.9 Å². The first-order valence-corrected chi connectivity index (χ1v) is 9.00. The summed E-state index contributed by atoms with van der Waals surface area (Å²) in [5.74, 6) is 0.553. The third kappa shape index (κ3) is 3.43. The van der Waals surface area contributed by atoms with Crippen LogP contribution in [0.5, 0.6) is 0 Å². The van der Waals surface area contributed by atoms with Gasteiger partial charge < -0.3 is 9.72 Å². The molecule has 1 aliphatic rings. The smallest absolute Gasteiger partial charge is 0.271 e. The van der Waals surface area contributed by atoms with Crippen LogP contribution in [0.2, 0.25) is 0 Å². The first kappa shape index (κ1) is 15.9. The number of carbonyl (C=O) groups is 1. The Morgan fingerprint density at radius 1 is 1.12 bits per heavy atom. The zero-order chi connectivity index (χ0) is 17.2. The number of hydrogen-bond acceptors (Lipinski definition) is 2. The second-order valence-electron chi connectivity index (χ2n) is 7.03. The van der Waals surface area contributed by atoms with Crippen LogP contribution in [0.3, 0.4) is 0 Å². The van der Waals surface area contributed by atoms with Gasteiger partial charge in [0.05, 0.1) is 0 Å². The molecule has 1 amide bonds. The molecule has 0 aliphatic heterocycles. The van der Waals surface area contributed by atoms with Crippen molar-refractivity contribution in [2.45, 2.75) is 44.6 Å². The first-order valence-electron chi connectivity index (χ1n) is 9.00. The van der Waals surface area contributed by atoms with Crippen LogP contribution < -0.4 is 5.32 Å². The summed E-state index contributed by atoms with van der Waals surface area (Å²) < 4.78 is 1.90. The highest BCUT2D eigenvalue weighted by Crippen LogP contribution is 2.32. The van der Waals surface area contributed by atoms with Crippen LogP contribution in [-0.4, -0.2) is 21.3 Å². The highest BCUT2D eigenvalue weighted by Gasteiger charge is 2.24. The van der Waals surface area contributed by atoms with Crippen molar-refractivity contribution in [3.8, 4) is 0 Å². The maximum Gasteiger partial charge on any atom is 0.271 e. The van der Waals surface area contributed by atoms with Crippen LogP contribution in [0.25, 0.3) is 5.65 Å². The summed E-state index contributed by atoms with van der Waals surface area (Å²) in [4.78, 5) is 17.0. The van der Waals surface area contributed by atoms with E-state index in [0.717, 1.165) is 36.9 Å². The maximum atomic E-state index is 12.5. The number of benzene rings is 1. The topological polar surface area (TPSA) is 46.4 Å². The molecule has 1 N–H and O–H groups in total. The Kier molecular flexibility index (Phi) is 4.26.